The second-order valence-corrected chi connectivity index (χ2v) is 5.63. The highest BCUT2D eigenvalue weighted by atomic mass is 79.9. The van der Waals surface area contributed by atoms with Gasteiger partial charge in [-0.1, -0.05) is 13.8 Å². The third kappa shape index (κ3) is 4.76. The van der Waals surface area contributed by atoms with Crippen LogP contribution in [-0.4, -0.2) is 5.54 Å². The Hall–Kier alpha value is -1.21. The van der Waals surface area contributed by atoms with Gasteiger partial charge in [-0.15, -0.1) is 0 Å². The quantitative estimate of drug-likeness (QED) is 0.631. The van der Waals surface area contributed by atoms with Crippen molar-refractivity contribution in [1.82, 2.24) is 0 Å². The van der Waals surface area contributed by atoms with Crippen molar-refractivity contribution < 1.29 is 0 Å². The molecule has 0 aliphatic rings. The van der Waals surface area contributed by atoms with Crippen LogP contribution in [0.1, 0.15) is 45.6 Å². The Balaban J connectivity index is 2.88. The molecule has 0 N–H and O–H groups in total. The molecule has 3 nitrogen and oxygen atoms in total. The molecule has 1 aromatic rings. The number of hydrogen-bond donors (Lipinski definition) is 0. The lowest BCUT2D eigenvalue weighted by atomic mass is 9.93. The molecular weight excluding hydrogens is 302 g/mol. The molecular formula is C15H19BrN3. The van der Waals surface area contributed by atoms with Gasteiger partial charge < -0.3 is 0 Å². The van der Waals surface area contributed by atoms with Crippen LogP contribution in [0.5, 0.6) is 0 Å². The first-order valence-electron chi connectivity index (χ1n) is 6.45. The van der Waals surface area contributed by atoms with E-state index in [0.29, 0.717) is 5.56 Å². The molecule has 0 aromatic heterocycles. The third-order valence-corrected chi connectivity index (χ3v) is 3.84. The van der Waals surface area contributed by atoms with E-state index in [-0.39, 0.29) is 5.54 Å². The zero-order chi connectivity index (χ0) is 14.3. The molecule has 1 unspecified atom stereocenters. The van der Waals surface area contributed by atoms with E-state index in [9.17, 15) is 0 Å². The Kier molecular flexibility index (Phi) is 6.17. The van der Waals surface area contributed by atoms with Crippen molar-refractivity contribution in [1.29, 1.82) is 5.26 Å². The van der Waals surface area contributed by atoms with E-state index in [2.05, 4.69) is 59.4 Å². The summed E-state index contributed by atoms with van der Waals surface area (Å²) in [6.07, 6.45) is 5.15. The molecule has 0 fully saturated rings. The monoisotopic (exact) mass is 320 g/mol. The highest BCUT2D eigenvalue weighted by molar-refractivity contribution is 9.10. The zero-order valence-corrected chi connectivity index (χ0v) is 13.2. The first-order chi connectivity index (χ1) is 9.04. The van der Waals surface area contributed by atoms with Crippen LogP contribution in [0, 0.1) is 17.8 Å². The van der Waals surface area contributed by atoms with Crippen LogP contribution in [0.25, 0.3) is 0 Å². The maximum absolute atomic E-state index is 8.82. The van der Waals surface area contributed by atoms with E-state index in [1.54, 1.807) is 12.1 Å². The highest BCUT2D eigenvalue weighted by Gasteiger charge is 2.20. The number of rotatable bonds is 6. The molecule has 0 saturated heterocycles. The van der Waals surface area contributed by atoms with Gasteiger partial charge in [-0.05, 0) is 66.7 Å². The maximum atomic E-state index is 8.82. The van der Waals surface area contributed by atoms with Gasteiger partial charge in [0.25, 0.3) is 0 Å². The smallest absolute Gasteiger partial charge is 0.0995 e. The molecule has 19 heavy (non-hydrogen) atoms. The van der Waals surface area contributed by atoms with Crippen LogP contribution in [0.2, 0.25) is 0 Å². The summed E-state index contributed by atoms with van der Waals surface area (Å²) in [6.45, 7) is 6.31. The summed E-state index contributed by atoms with van der Waals surface area (Å²) in [5.74, 6) is 0. The van der Waals surface area contributed by atoms with E-state index in [1.165, 1.54) is 0 Å². The lowest BCUT2D eigenvalue weighted by molar-refractivity contribution is 0.402. The average molecular weight is 321 g/mol. The first-order valence-corrected chi connectivity index (χ1v) is 7.24. The normalized spacial score (nSPS) is 14.3. The van der Waals surface area contributed by atoms with Crippen molar-refractivity contribution in [3.05, 3.63) is 34.7 Å². The predicted octanol–water partition coefficient (Wildman–Crippen LogP) is 5.58. The summed E-state index contributed by atoms with van der Waals surface area (Å²) >= 11 is 3.42. The Labute approximate surface area is 123 Å². The summed E-state index contributed by atoms with van der Waals surface area (Å²) in [7, 11) is 0. The maximum Gasteiger partial charge on any atom is 0.0995 e. The number of halogens is 1. The molecule has 1 aromatic carbocycles. The van der Waals surface area contributed by atoms with Gasteiger partial charge >= 0.3 is 0 Å². The van der Waals surface area contributed by atoms with Gasteiger partial charge in [0, 0.05) is 4.47 Å². The van der Waals surface area contributed by atoms with E-state index in [0.717, 1.165) is 29.4 Å². The zero-order valence-electron chi connectivity index (χ0n) is 11.7. The van der Waals surface area contributed by atoms with E-state index < -0.39 is 0 Å². The molecule has 0 saturated carbocycles. The molecule has 0 spiro atoms. The van der Waals surface area contributed by atoms with Crippen LogP contribution < -0.4 is 0 Å². The first kappa shape index (κ1) is 15.8. The van der Waals surface area contributed by atoms with Crippen LogP contribution in [0.4, 0.5) is 5.69 Å². The molecule has 1 atom stereocenters. The third-order valence-electron chi connectivity index (χ3n) is 3.21. The minimum atomic E-state index is -0.125. The van der Waals surface area contributed by atoms with Crippen molar-refractivity contribution in [3.8, 4) is 6.07 Å². The predicted molar refractivity (Wildman–Crippen MR) is 81.3 cm³/mol. The van der Waals surface area contributed by atoms with Gasteiger partial charge in [-0.2, -0.15) is 15.5 Å². The van der Waals surface area contributed by atoms with Gasteiger partial charge in [0.2, 0.25) is 0 Å². The van der Waals surface area contributed by atoms with Crippen LogP contribution in [0.3, 0.4) is 0 Å². The minimum Gasteiger partial charge on any atom is -0.192 e. The number of unbranched alkanes of at least 4 members (excludes halogenated alkanes) is 1. The van der Waals surface area contributed by atoms with Crippen molar-refractivity contribution in [2.75, 3.05) is 0 Å². The fraction of sp³-hybridized carbons (Fsp3) is 0.467. The minimum absolute atomic E-state index is 0.125. The Morgan fingerprint density at radius 3 is 2.74 bits per heavy atom. The molecule has 0 aliphatic heterocycles. The summed E-state index contributed by atoms with van der Waals surface area (Å²) in [6, 6.07) is 7.43. The largest absolute Gasteiger partial charge is 0.192 e. The van der Waals surface area contributed by atoms with Gasteiger partial charge in [-0.3, -0.25) is 0 Å². The number of nitriles is 1. The van der Waals surface area contributed by atoms with Crippen LogP contribution in [0.15, 0.2) is 32.9 Å². The molecule has 0 heterocycles. The summed E-state index contributed by atoms with van der Waals surface area (Å²) in [4.78, 5) is 0. The molecule has 0 bridgehead atoms. The van der Waals surface area contributed by atoms with Crippen LogP contribution in [-0.2, 0) is 0 Å². The summed E-state index contributed by atoms with van der Waals surface area (Å²) in [5, 5.41) is 17.6. The van der Waals surface area contributed by atoms with Gasteiger partial charge in [0.1, 0.15) is 0 Å². The number of azo groups is 1. The molecule has 0 amide bonds. The second-order valence-electron chi connectivity index (χ2n) is 4.78. The number of benzene rings is 1. The number of nitrogens with zero attached hydrogens (tertiary/aromatic N) is 3. The van der Waals surface area contributed by atoms with Crippen molar-refractivity contribution in [2.45, 2.75) is 45.6 Å². The highest BCUT2D eigenvalue weighted by Crippen LogP contribution is 2.30. The molecule has 4 heteroatoms. The van der Waals surface area contributed by atoms with Crippen molar-refractivity contribution in [2.24, 2.45) is 10.2 Å². The molecule has 1 rings (SSSR count). The van der Waals surface area contributed by atoms with Crippen molar-refractivity contribution >= 4 is 21.6 Å². The lowest BCUT2D eigenvalue weighted by Crippen LogP contribution is -2.19. The molecule has 0 aliphatic carbocycles. The molecule has 1 radical (unpaired) electrons. The Morgan fingerprint density at radius 1 is 1.47 bits per heavy atom. The van der Waals surface area contributed by atoms with Crippen LogP contribution >= 0.6 is 15.9 Å². The van der Waals surface area contributed by atoms with Gasteiger partial charge in [0.15, 0.2) is 0 Å². The fourth-order valence-corrected chi connectivity index (χ4v) is 2.04. The summed E-state index contributed by atoms with van der Waals surface area (Å²) < 4.78 is 0.802. The fourth-order valence-electron chi connectivity index (χ4n) is 1.58. The molecule has 101 valence electrons. The standard InChI is InChI=1S/C15H19BrN3/c1-4-6-9-15(3,5-2)19-18-14-8-7-12(11-17)10-13(14)16/h4,7-8,10H,5-6,9H2,1-3H3/b19-18+. The Bertz CT molecular complexity index is 491. The van der Waals surface area contributed by atoms with Gasteiger partial charge in [0.05, 0.1) is 22.9 Å². The lowest BCUT2D eigenvalue weighted by Gasteiger charge is -2.21. The second kappa shape index (κ2) is 7.40. The summed E-state index contributed by atoms with van der Waals surface area (Å²) in [5.41, 5.74) is 1.25. The SMILES string of the molecule is C[CH]CCC(C)(CC)/N=N/c1ccc(C#N)cc1Br. The van der Waals surface area contributed by atoms with E-state index in [4.69, 9.17) is 5.26 Å². The van der Waals surface area contributed by atoms with Crippen molar-refractivity contribution in [3.63, 3.8) is 0 Å². The Morgan fingerprint density at radius 2 is 2.21 bits per heavy atom. The van der Waals surface area contributed by atoms with E-state index in [1.807, 2.05) is 6.07 Å². The average Bonchev–Trinajstić information content (AvgIpc) is 2.43. The van der Waals surface area contributed by atoms with Gasteiger partial charge in [-0.25, -0.2) is 0 Å². The topological polar surface area (TPSA) is 48.5 Å². The van der Waals surface area contributed by atoms with E-state index >= 15 is 0 Å². The number of hydrogen-bond acceptors (Lipinski definition) is 3.